The smallest absolute Gasteiger partial charge is 0.151 e. The molecular formula is C12H20N4. The van der Waals surface area contributed by atoms with Gasteiger partial charge in [-0.25, -0.2) is 0 Å². The van der Waals surface area contributed by atoms with E-state index >= 15 is 0 Å². The molecule has 1 atom stereocenters. The van der Waals surface area contributed by atoms with Gasteiger partial charge in [-0.15, -0.1) is 5.10 Å². The molecule has 1 aliphatic heterocycles. The number of rotatable bonds is 3. The second kappa shape index (κ2) is 5.25. The highest BCUT2D eigenvalue weighted by molar-refractivity contribution is 5.37. The quantitative estimate of drug-likeness (QED) is 0.837. The summed E-state index contributed by atoms with van der Waals surface area (Å²) in [6, 6.07) is 5.11. The van der Waals surface area contributed by atoms with Gasteiger partial charge in [0, 0.05) is 31.4 Å². The third-order valence-electron chi connectivity index (χ3n) is 2.87. The lowest BCUT2D eigenvalue weighted by molar-refractivity contribution is 0.393. The van der Waals surface area contributed by atoms with E-state index in [4.69, 9.17) is 0 Å². The molecule has 0 bridgehead atoms. The molecule has 1 saturated heterocycles. The van der Waals surface area contributed by atoms with E-state index in [1.54, 1.807) is 6.20 Å². The summed E-state index contributed by atoms with van der Waals surface area (Å²) in [5.74, 6) is 0.998. The van der Waals surface area contributed by atoms with Crippen molar-refractivity contribution in [3.8, 4) is 0 Å². The number of aromatic nitrogens is 2. The van der Waals surface area contributed by atoms with Crippen LogP contribution in [-0.4, -0.2) is 35.4 Å². The van der Waals surface area contributed by atoms with Crippen molar-refractivity contribution in [2.24, 2.45) is 0 Å². The summed E-state index contributed by atoms with van der Waals surface area (Å²) in [5, 5.41) is 11.7. The maximum atomic E-state index is 4.16. The van der Waals surface area contributed by atoms with Gasteiger partial charge in [-0.1, -0.05) is 13.8 Å². The molecule has 2 rings (SSSR count). The van der Waals surface area contributed by atoms with Crippen LogP contribution in [0.3, 0.4) is 0 Å². The van der Waals surface area contributed by atoms with E-state index < -0.39 is 0 Å². The Morgan fingerprint density at radius 1 is 1.50 bits per heavy atom. The molecule has 0 spiro atoms. The molecule has 1 fully saturated rings. The molecule has 1 aromatic rings. The van der Waals surface area contributed by atoms with E-state index in [9.17, 15) is 0 Å². The summed E-state index contributed by atoms with van der Waals surface area (Å²) < 4.78 is 0. The van der Waals surface area contributed by atoms with Crippen LogP contribution in [0, 0.1) is 0 Å². The molecule has 0 radical (unpaired) electrons. The fourth-order valence-electron chi connectivity index (χ4n) is 2.25. The molecule has 0 aromatic carbocycles. The van der Waals surface area contributed by atoms with Crippen molar-refractivity contribution >= 4 is 5.82 Å². The largest absolute Gasteiger partial charge is 0.354 e. The molecule has 2 heterocycles. The standard InChI is InChI=1S/C12H20N4/c1-10(2)14-11-5-4-8-16(9-11)12-6-3-7-13-15-12/h3,6-7,10-11,14H,4-5,8-9H2,1-2H3. The predicted molar refractivity (Wildman–Crippen MR) is 65.5 cm³/mol. The van der Waals surface area contributed by atoms with E-state index in [-0.39, 0.29) is 0 Å². The highest BCUT2D eigenvalue weighted by Crippen LogP contribution is 2.16. The minimum atomic E-state index is 0.548. The van der Waals surface area contributed by atoms with E-state index in [2.05, 4.69) is 34.3 Å². The van der Waals surface area contributed by atoms with Crippen LogP contribution in [0.4, 0.5) is 5.82 Å². The number of hydrogen-bond donors (Lipinski definition) is 1. The SMILES string of the molecule is CC(C)NC1CCCN(c2cccnn2)C1. The number of anilines is 1. The van der Waals surface area contributed by atoms with Crippen molar-refractivity contribution in [1.29, 1.82) is 0 Å². The Kier molecular flexibility index (Phi) is 3.72. The monoisotopic (exact) mass is 220 g/mol. The van der Waals surface area contributed by atoms with Crippen LogP contribution in [0.5, 0.6) is 0 Å². The van der Waals surface area contributed by atoms with Crippen molar-refractivity contribution in [3.05, 3.63) is 18.3 Å². The van der Waals surface area contributed by atoms with Gasteiger partial charge in [0.1, 0.15) is 0 Å². The number of piperidine rings is 1. The Balaban J connectivity index is 1.97. The van der Waals surface area contributed by atoms with Crippen molar-refractivity contribution in [3.63, 3.8) is 0 Å². The maximum Gasteiger partial charge on any atom is 0.151 e. The van der Waals surface area contributed by atoms with Crippen LogP contribution in [0.25, 0.3) is 0 Å². The average Bonchev–Trinajstić information content (AvgIpc) is 2.30. The third-order valence-corrected chi connectivity index (χ3v) is 2.87. The Morgan fingerprint density at radius 3 is 3.06 bits per heavy atom. The lowest BCUT2D eigenvalue weighted by Gasteiger charge is -2.34. The van der Waals surface area contributed by atoms with Gasteiger partial charge in [-0.2, -0.15) is 5.10 Å². The summed E-state index contributed by atoms with van der Waals surface area (Å²) >= 11 is 0. The van der Waals surface area contributed by atoms with Crippen molar-refractivity contribution in [2.45, 2.75) is 38.8 Å². The lowest BCUT2D eigenvalue weighted by Crippen LogP contribution is -2.48. The zero-order valence-electron chi connectivity index (χ0n) is 10.1. The molecule has 1 aromatic heterocycles. The van der Waals surface area contributed by atoms with Crippen molar-refractivity contribution in [1.82, 2.24) is 15.5 Å². The molecule has 0 amide bonds. The molecule has 0 saturated carbocycles. The fraction of sp³-hybridized carbons (Fsp3) is 0.667. The van der Waals surface area contributed by atoms with Gasteiger partial charge in [0.25, 0.3) is 0 Å². The summed E-state index contributed by atoms with van der Waals surface area (Å²) in [4.78, 5) is 2.32. The van der Waals surface area contributed by atoms with Crippen molar-refractivity contribution < 1.29 is 0 Å². The third kappa shape index (κ3) is 2.92. The zero-order valence-corrected chi connectivity index (χ0v) is 10.1. The molecule has 1 unspecified atom stereocenters. The Bertz CT molecular complexity index is 312. The number of hydrogen-bond acceptors (Lipinski definition) is 4. The first kappa shape index (κ1) is 11.3. The summed E-state index contributed by atoms with van der Waals surface area (Å²) in [5.41, 5.74) is 0. The molecule has 1 N–H and O–H groups in total. The molecule has 1 aliphatic rings. The molecule has 16 heavy (non-hydrogen) atoms. The molecule has 4 heteroatoms. The number of nitrogens with zero attached hydrogens (tertiary/aromatic N) is 3. The van der Waals surface area contributed by atoms with Gasteiger partial charge in [0.15, 0.2) is 5.82 Å². The van der Waals surface area contributed by atoms with E-state index in [1.807, 2.05) is 12.1 Å². The minimum Gasteiger partial charge on any atom is -0.354 e. The lowest BCUT2D eigenvalue weighted by atomic mass is 10.1. The van der Waals surface area contributed by atoms with Gasteiger partial charge in [0.2, 0.25) is 0 Å². The van der Waals surface area contributed by atoms with Crippen LogP contribution < -0.4 is 10.2 Å². The fourth-order valence-corrected chi connectivity index (χ4v) is 2.25. The minimum absolute atomic E-state index is 0.548. The zero-order chi connectivity index (χ0) is 11.4. The van der Waals surface area contributed by atoms with E-state index in [0.29, 0.717) is 12.1 Å². The van der Waals surface area contributed by atoms with Crippen LogP contribution in [-0.2, 0) is 0 Å². The van der Waals surface area contributed by atoms with Crippen LogP contribution in [0.15, 0.2) is 18.3 Å². The predicted octanol–water partition coefficient (Wildman–Crippen LogP) is 1.44. The van der Waals surface area contributed by atoms with E-state index in [1.165, 1.54) is 12.8 Å². The summed E-state index contributed by atoms with van der Waals surface area (Å²) in [6.07, 6.45) is 4.20. The number of nitrogens with one attached hydrogen (secondary N) is 1. The van der Waals surface area contributed by atoms with Gasteiger partial charge in [-0.05, 0) is 25.0 Å². The topological polar surface area (TPSA) is 41.0 Å². The Hall–Kier alpha value is -1.16. The second-order valence-electron chi connectivity index (χ2n) is 4.69. The molecule has 88 valence electrons. The first-order valence-electron chi connectivity index (χ1n) is 6.04. The van der Waals surface area contributed by atoms with Crippen LogP contribution >= 0.6 is 0 Å². The molecular weight excluding hydrogens is 200 g/mol. The first-order chi connectivity index (χ1) is 7.75. The van der Waals surface area contributed by atoms with Gasteiger partial charge in [-0.3, -0.25) is 0 Å². The summed E-state index contributed by atoms with van der Waals surface area (Å²) in [7, 11) is 0. The second-order valence-corrected chi connectivity index (χ2v) is 4.69. The van der Waals surface area contributed by atoms with Crippen LogP contribution in [0.1, 0.15) is 26.7 Å². The highest BCUT2D eigenvalue weighted by Gasteiger charge is 2.20. The van der Waals surface area contributed by atoms with Gasteiger partial charge in [0.05, 0.1) is 0 Å². The average molecular weight is 220 g/mol. The first-order valence-corrected chi connectivity index (χ1v) is 6.04. The highest BCUT2D eigenvalue weighted by atomic mass is 15.3. The molecule has 4 nitrogen and oxygen atoms in total. The van der Waals surface area contributed by atoms with E-state index in [0.717, 1.165) is 18.9 Å². The Labute approximate surface area is 97.1 Å². The van der Waals surface area contributed by atoms with Crippen LogP contribution in [0.2, 0.25) is 0 Å². The van der Waals surface area contributed by atoms with Gasteiger partial charge >= 0.3 is 0 Å². The normalized spacial score (nSPS) is 21.4. The molecule has 0 aliphatic carbocycles. The van der Waals surface area contributed by atoms with Gasteiger partial charge < -0.3 is 10.2 Å². The summed E-state index contributed by atoms with van der Waals surface area (Å²) in [6.45, 7) is 6.52. The Morgan fingerprint density at radius 2 is 2.38 bits per heavy atom. The maximum absolute atomic E-state index is 4.16. The van der Waals surface area contributed by atoms with Crippen molar-refractivity contribution in [2.75, 3.05) is 18.0 Å².